The van der Waals surface area contributed by atoms with Crippen LogP contribution in [0.15, 0.2) is 78.9 Å². The Morgan fingerprint density at radius 1 is 0.947 bits per heavy atom. The van der Waals surface area contributed by atoms with E-state index < -0.39 is 6.04 Å². The van der Waals surface area contributed by atoms with Gasteiger partial charge in [0.2, 0.25) is 5.91 Å². The maximum Gasteiger partial charge on any atom is 0.224 e. The van der Waals surface area contributed by atoms with Crippen LogP contribution >= 0.6 is 0 Å². The number of hydrogen-bond donors (Lipinski definition) is 3. The molecule has 3 atom stereocenters. The van der Waals surface area contributed by atoms with E-state index in [1.165, 1.54) is 11.1 Å². The van der Waals surface area contributed by atoms with Gasteiger partial charge in [0.1, 0.15) is 5.82 Å². The van der Waals surface area contributed by atoms with Crippen LogP contribution in [0.25, 0.3) is 11.0 Å². The van der Waals surface area contributed by atoms with Gasteiger partial charge in [-0.2, -0.15) is 0 Å². The summed E-state index contributed by atoms with van der Waals surface area (Å²) in [5.41, 5.74) is 5.38. The van der Waals surface area contributed by atoms with Crippen molar-refractivity contribution < 1.29 is 15.0 Å². The standard InChI is InChI=1S/C32H37N3O3/c36-20-8-15-31-33-28-13-6-7-14-30(28)35(31)21-23-16-18-24(19-17-23)26-11-4-5-12-27(26)32(38)34-29(22-37)25-9-2-1-3-10-25/h1-3,6-7,9-10,13-14,16-19,26-27,29,36-37H,4-5,8,11-12,15,20-22H2,(H,34,38)/t26?,27-,29?/m1/s1. The molecule has 0 saturated heterocycles. The summed E-state index contributed by atoms with van der Waals surface area (Å²) in [6.07, 6.45) is 5.44. The fraction of sp³-hybridized carbons (Fsp3) is 0.375. The number of amides is 1. The fourth-order valence-corrected chi connectivity index (χ4v) is 5.82. The highest BCUT2D eigenvalue weighted by atomic mass is 16.3. The van der Waals surface area contributed by atoms with Crippen molar-refractivity contribution >= 4 is 16.9 Å². The summed E-state index contributed by atoms with van der Waals surface area (Å²) in [7, 11) is 0. The SMILES string of the molecule is O=C(NC(CO)c1ccccc1)[C@@H]1CCCCC1c1ccc(Cn2c(CCCO)nc3ccccc32)cc1. The lowest BCUT2D eigenvalue weighted by molar-refractivity contribution is -0.127. The number of imidazole rings is 1. The molecule has 1 saturated carbocycles. The Kier molecular flexibility index (Phi) is 8.51. The zero-order valence-electron chi connectivity index (χ0n) is 21.8. The summed E-state index contributed by atoms with van der Waals surface area (Å²) < 4.78 is 2.25. The van der Waals surface area contributed by atoms with Crippen molar-refractivity contribution in [2.75, 3.05) is 13.2 Å². The van der Waals surface area contributed by atoms with Crippen LogP contribution in [0.5, 0.6) is 0 Å². The number of carbonyl (C=O) groups excluding carboxylic acids is 1. The number of aliphatic hydroxyl groups excluding tert-OH is 2. The third kappa shape index (κ3) is 5.82. The van der Waals surface area contributed by atoms with Gasteiger partial charge < -0.3 is 20.1 Å². The molecule has 3 N–H and O–H groups in total. The molecule has 1 aromatic heterocycles. The normalized spacial score (nSPS) is 18.4. The summed E-state index contributed by atoms with van der Waals surface area (Å²) in [5, 5.41) is 22.4. The number of para-hydroxylation sites is 2. The largest absolute Gasteiger partial charge is 0.396 e. The second-order valence-corrected chi connectivity index (χ2v) is 10.3. The highest BCUT2D eigenvalue weighted by Crippen LogP contribution is 2.38. The Hall–Kier alpha value is -3.48. The molecular weight excluding hydrogens is 474 g/mol. The molecule has 1 heterocycles. The van der Waals surface area contributed by atoms with Gasteiger partial charge >= 0.3 is 0 Å². The van der Waals surface area contributed by atoms with Gasteiger partial charge in [0.15, 0.2) is 0 Å². The van der Waals surface area contributed by atoms with Crippen molar-refractivity contribution in [3.8, 4) is 0 Å². The van der Waals surface area contributed by atoms with Crippen molar-refractivity contribution in [3.05, 3.63) is 101 Å². The number of aromatic nitrogens is 2. The number of carbonyl (C=O) groups is 1. The molecule has 3 aromatic carbocycles. The van der Waals surface area contributed by atoms with Crippen LogP contribution in [0, 0.1) is 5.92 Å². The Balaban J connectivity index is 1.32. The molecule has 0 bridgehead atoms. The maximum absolute atomic E-state index is 13.4. The molecule has 6 nitrogen and oxygen atoms in total. The summed E-state index contributed by atoms with van der Waals surface area (Å²) in [5.74, 6) is 1.09. The number of aliphatic hydroxyl groups is 2. The molecule has 198 valence electrons. The average Bonchev–Trinajstić information content (AvgIpc) is 3.32. The van der Waals surface area contributed by atoms with E-state index in [0.717, 1.165) is 54.5 Å². The minimum absolute atomic E-state index is 0.0279. The first-order chi connectivity index (χ1) is 18.7. The van der Waals surface area contributed by atoms with Crippen LogP contribution < -0.4 is 5.32 Å². The van der Waals surface area contributed by atoms with Crippen molar-refractivity contribution in [2.24, 2.45) is 5.92 Å². The van der Waals surface area contributed by atoms with Crippen molar-refractivity contribution in [2.45, 2.75) is 57.0 Å². The number of rotatable bonds is 10. The van der Waals surface area contributed by atoms with E-state index in [1.54, 1.807) is 0 Å². The van der Waals surface area contributed by atoms with Crippen LogP contribution in [0.3, 0.4) is 0 Å². The first-order valence-corrected chi connectivity index (χ1v) is 13.8. The predicted molar refractivity (Wildman–Crippen MR) is 150 cm³/mol. The molecule has 4 aromatic rings. The molecule has 1 fully saturated rings. The maximum atomic E-state index is 13.4. The summed E-state index contributed by atoms with van der Waals surface area (Å²) in [4.78, 5) is 18.2. The van der Waals surface area contributed by atoms with E-state index in [1.807, 2.05) is 48.5 Å². The lowest BCUT2D eigenvalue weighted by Gasteiger charge is -2.32. The number of fused-ring (bicyclic) bond motifs is 1. The van der Waals surface area contributed by atoms with Gasteiger partial charge in [0.25, 0.3) is 0 Å². The molecular formula is C32H37N3O3. The molecule has 1 aliphatic rings. The lowest BCUT2D eigenvalue weighted by Crippen LogP contribution is -2.39. The molecule has 1 amide bonds. The van der Waals surface area contributed by atoms with Crippen LogP contribution in [-0.2, 0) is 17.8 Å². The Labute approximate surface area is 224 Å². The first kappa shape index (κ1) is 26.1. The number of hydrogen-bond acceptors (Lipinski definition) is 4. The Bertz CT molecular complexity index is 1330. The molecule has 5 rings (SSSR count). The van der Waals surface area contributed by atoms with Gasteiger partial charge in [-0.1, -0.05) is 79.6 Å². The third-order valence-electron chi connectivity index (χ3n) is 7.84. The van der Waals surface area contributed by atoms with E-state index in [4.69, 9.17) is 4.98 Å². The fourth-order valence-electron chi connectivity index (χ4n) is 5.82. The van der Waals surface area contributed by atoms with E-state index in [2.05, 4.69) is 40.2 Å². The first-order valence-electron chi connectivity index (χ1n) is 13.8. The van der Waals surface area contributed by atoms with Crippen LogP contribution in [-0.4, -0.2) is 38.9 Å². The Morgan fingerprint density at radius 3 is 2.45 bits per heavy atom. The summed E-state index contributed by atoms with van der Waals surface area (Å²) >= 11 is 0. The van der Waals surface area contributed by atoms with Crippen LogP contribution in [0.2, 0.25) is 0 Å². The van der Waals surface area contributed by atoms with E-state index in [-0.39, 0.29) is 31.0 Å². The monoisotopic (exact) mass is 511 g/mol. The molecule has 0 spiro atoms. The Morgan fingerprint density at radius 2 is 1.68 bits per heavy atom. The smallest absolute Gasteiger partial charge is 0.224 e. The predicted octanol–water partition coefficient (Wildman–Crippen LogP) is 5.13. The molecule has 2 unspecified atom stereocenters. The van der Waals surface area contributed by atoms with Crippen molar-refractivity contribution in [3.63, 3.8) is 0 Å². The molecule has 1 aliphatic carbocycles. The highest BCUT2D eigenvalue weighted by Gasteiger charge is 2.33. The molecule has 0 radical (unpaired) electrons. The number of aryl methyl sites for hydroxylation is 1. The minimum atomic E-state index is -0.390. The molecule has 38 heavy (non-hydrogen) atoms. The van der Waals surface area contributed by atoms with Crippen LogP contribution in [0.4, 0.5) is 0 Å². The third-order valence-corrected chi connectivity index (χ3v) is 7.84. The van der Waals surface area contributed by atoms with Gasteiger partial charge in [-0.05, 0) is 54.0 Å². The van der Waals surface area contributed by atoms with Gasteiger partial charge in [-0.3, -0.25) is 4.79 Å². The van der Waals surface area contributed by atoms with Crippen LogP contribution in [0.1, 0.15) is 66.6 Å². The quantitative estimate of drug-likeness (QED) is 0.275. The van der Waals surface area contributed by atoms with E-state index >= 15 is 0 Å². The van der Waals surface area contributed by atoms with Gasteiger partial charge in [-0.25, -0.2) is 4.98 Å². The lowest BCUT2D eigenvalue weighted by atomic mass is 9.74. The second kappa shape index (κ2) is 12.4. The molecule has 6 heteroatoms. The number of nitrogens with zero attached hydrogens (tertiary/aromatic N) is 2. The topological polar surface area (TPSA) is 87.4 Å². The molecule has 0 aliphatic heterocycles. The number of nitrogens with one attached hydrogen (secondary N) is 1. The van der Waals surface area contributed by atoms with E-state index in [9.17, 15) is 15.0 Å². The van der Waals surface area contributed by atoms with E-state index in [0.29, 0.717) is 13.0 Å². The number of benzene rings is 3. The van der Waals surface area contributed by atoms with Gasteiger partial charge in [-0.15, -0.1) is 0 Å². The summed E-state index contributed by atoms with van der Waals surface area (Å²) in [6.45, 7) is 0.745. The van der Waals surface area contributed by atoms with Crippen molar-refractivity contribution in [1.82, 2.24) is 14.9 Å². The van der Waals surface area contributed by atoms with Gasteiger partial charge in [0, 0.05) is 25.5 Å². The zero-order chi connectivity index (χ0) is 26.3. The van der Waals surface area contributed by atoms with Crippen molar-refractivity contribution in [1.29, 1.82) is 0 Å². The van der Waals surface area contributed by atoms with Gasteiger partial charge in [0.05, 0.1) is 23.7 Å². The minimum Gasteiger partial charge on any atom is -0.396 e. The second-order valence-electron chi connectivity index (χ2n) is 10.3. The zero-order valence-corrected chi connectivity index (χ0v) is 21.8. The summed E-state index contributed by atoms with van der Waals surface area (Å²) in [6, 6.07) is 26.2. The average molecular weight is 512 g/mol. The highest BCUT2D eigenvalue weighted by molar-refractivity contribution is 5.80.